The fourth-order valence-electron chi connectivity index (χ4n) is 19.4. The maximum Gasteiger partial charge on any atom is 0.142 e. The maximum absolute atomic E-state index is 15.2. The molecule has 600 valence electrons. The minimum atomic E-state index is -0.441. The number of benzene rings is 18. The molecule has 14 heteroatoms. The maximum atomic E-state index is 15.2. The van der Waals surface area contributed by atoms with Gasteiger partial charge in [-0.3, -0.25) is 0 Å². The quantitative estimate of drug-likeness (QED) is 0.131. The Morgan fingerprint density at radius 1 is 0.217 bits per heavy atom. The van der Waals surface area contributed by atoms with E-state index in [0.29, 0.717) is 44.6 Å². The van der Waals surface area contributed by atoms with Crippen LogP contribution in [0.3, 0.4) is 0 Å². The molecule has 0 fully saturated rings. The van der Waals surface area contributed by atoms with Crippen molar-refractivity contribution in [3.8, 4) is 110 Å². The highest BCUT2D eigenvalue weighted by Gasteiger charge is 2.27. The first-order chi connectivity index (χ1) is 63.6. The number of para-hydroxylation sites is 11. The summed E-state index contributed by atoms with van der Waals surface area (Å²) in [6.07, 6.45) is 0. The Morgan fingerprint density at radius 3 is 1.01 bits per heavy atom. The van der Waals surface area contributed by atoms with E-state index in [2.05, 4.69) is 258 Å². The van der Waals surface area contributed by atoms with Crippen LogP contribution in [0.5, 0.6) is 5.75 Å². The summed E-state index contributed by atoms with van der Waals surface area (Å²) in [5, 5.41) is 73.3. The molecule has 0 aliphatic carbocycles. The lowest BCUT2D eigenvalue weighted by Gasteiger charge is -2.18. The van der Waals surface area contributed by atoms with E-state index in [9.17, 15) is 31.6 Å². The van der Waals surface area contributed by atoms with Gasteiger partial charge < -0.3 is 32.1 Å². The highest BCUT2D eigenvalue weighted by Crippen LogP contribution is 2.47. The summed E-state index contributed by atoms with van der Waals surface area (Å²) >= 11 is 0. The summed E-state index contributed by atoms with van der Waals surface area (Å²) in [6.45, 7) is 0. The van der Waals surface area contributed by atoms with Gasteiger partial charge in [0.2, 0.25) is 0 Å². The molecule has 24 aromatic rings. The molecular formula is C115H67FN12O. The number of methoxy groups -OCH3 is 1. The van der Waals surface area contributed by atoms with Gasteiger partial charge in [0.25, 0.3) is 0 Å². The average molecular weight is 1650 g/mol. The first-order valence-corrected chi connectivity index (χ1v) is 42.1. The van der Waals surface area contributed by atoms with Crippen LogP contribution >= 0.6 is 0 Å². The standard InChI is InChI=1S/C40H20N6.C38H25N3O.C37H22FN3/c41-21-25-9-14-38-33(17-25)30-5-1-3-7-36(30)45(38)29-13-12-28(24-44)32(20-29)35-19-27(23-43)11-16-40(35)46-37-8-4-2-6-31(37)34-18-26(22-42)10-15-39(34)46;1-42-37-22-21-25(23-36(37)40-32-17-6-2-12-28(32)29-13-3-7-18-33(29)40)27-16-10-11-26(24-39)38(27)41-34-19-8-4-14-30(34)31-15-5-9-20-35(31)41;38-26-20-25(23-39)37(41-35-18-7-3-14-30(35)31-15-4-8-19-36(31)41)32(22-26)24-10-9-11-27(21-24)40-33-16-5-1-12-28(33)29-13-2-6-17-34(29)40/h1-20H;2-23H,1H3;1-22H. The predicted octanol–water partition coefficient (Wildman–Crippen LogP) is 28.0. The van der Waals surface area contributed by atoms with Gasteiger partial charge in [-0.05, 0) is 187 Å². The van der Waals surface area contributed by atoms with Crippen molar-refractivity contribution in [2.45, 2.75) is 0 Å². The van der Waals surface area contributed by atoms with Crippen molar-refractivity contribution in [1.29, 1.82) is 31.6 Å². The van der Waals surface area contributed by atoms with Crippen molar-refractivity contribution in [2.24, 2.45) is 0 Å². The van der Waals surface area contributed by atoms with Crippen LogP contribution in [0.15, 0.2) is 388 Å². The second-order valence-corrected chi connectivity index (χ2v) is 31.8. The molecule has 13 nitrogen and oxygen atoms in total. The minimum absolute atomic E-state index is 0.286. The molecule has 0 bridgehead atoms. The van der Waals surface area contributed by atoms with Gasteiger partial charge in [0.05, 0.1) is 154 Å². The number of rotatable bonds is 10. The highest BCUT2D eigenvalue weighted by atomic mass is 19.1. The molecule has 0 aliphatic rings. The Kier molecular flexibility index (Phi) is 18.6. The molecule has 6 heterocycles. The third kappa shape index (κ3) is 12.5. The number of hydrogen-bond donors (Lipinski definition) is 0. The van der Waals surface area contributed by atoms with Crippen LogP contribution in [0.4, 0.5) is 4.39 Å². The molecule has 0 radical (unpaired) electrons. The SMILES string of the molecule is COc1ccc(-c2cccc(C#N)c2-n2c3ccccc3c3ccccc32)cc1-n1c2ccccc2c2ccccc21.N#Cc1cc(F)cc(-c2cccc(-n3c4ccccc4c4ccccc43)c2)c1-n1c2ccccc2c2ccccc21.N#Cc1ccc(-n2c3ccccc3c3cc(C#N)ccc32)c(-c2cc(-n3c4ccccc4c4cc(C#N)ccc43)ccc2C#N)c1. The molecule has 0 saturated carbocycles. The molecule has 0 saturated heterocycles. The summed E-state index contributed by atoms with van der Waals surface area (Å²) < 4.78 is 34.3. The first kappa shape index (κ1) is 76.6. The van der Waals surface area contributed by atoms with E-state index in [1.54, 1.807) is 19.2 Å². The normalized spacial score (nSPS) is 11.3. The van der Waals surface area contributed by atoms with E-state index in [4.69, 9.17) is 4.74 Å². The molecule has 0 amide bonds. The molecule has 0 atom stereocenters. The third-order valence-corrected chi connectivity index (χ3v) is 24.9. The zero-order valence-corrected chi connectivity index (χ0v) is 69.1. The smallest absolute Gasteiger partial charge is 0.142 e. The molecule has 129 heavy (non-hydrogen) atoms. The Morgan fingerprint density at radius 2 is 0.574 bits per heavy atom. The lowest BCUT2D eigenvalue weighted by Crippen LogP contribution is -2.02. The Balaban J connectivity index is 0.000000114. The monoisotopic (exact) mass is 1650 g/mol. The molecule has 24 rings (SSSR count). The zero-order chi connectivity index (χ0) is 87.1. The number of fused-ring (bicyclic) bond motifs is 18. The van der Waals surface area contributed by atoms with Crippen molar-refractivity contribution in [2.75, 3.05) is 7.11 Å². The second kappa shape index (κ2) is 31.4. The van der Waals surface area contributed by atoms with E-state index < -0.39 is 5.82 Å². The average Bonchev–Trinajstić information content (AvgIpc) is 1.58. The van der Waals surface area contributed by atoms with Gasteiger partial charge in [-0.25, -0.2) is 4.39 Å². The van der Waals surface area contributed by atoms with Crippen LogP contribution in [0.1, 0.15) is 33.4 Å². The third-order valence-electron chi connectivity index (χ3n) is 24.9. The van der Waals surface area contributed by atoms with Gasteiger partial charge in [0.1, 0.15) is 23.7 Å². The minimum Gasteiger partial charge on any atom is -0.495 e. The van der Waals surface area contributed by atoms with Crippen molar-refractivity contribution in [3.63, 3.8) is 0 Å². The second-order valence-electron chi connectivity index (χ2n) is 31.8. The Labute approximate surface area is 738 Å². The number of ether oxygens (including phenoxy) is 1. The van der Waals surface area contributed by atoms with Crippen molar-refractivity contribution < 1.29 is 9.13 Å². The van der Waals surface area contributed by atoms with Crippen molar-refractivity contribution in [1.82, 2.24) is 27.4 Å². The fraction of sp³-hybridized carbons (Fsp3) is 0.00870. The lowest BCUT2D eigenvalue weighted by molar-refractivity contribution is 0.413. The summed E-state index contributed by atoms with van der Waals surface area (Å²) in [6, 6.07) is 143. The predicted molar refractivity (Wildman–Crippen MR) is 516 cm³/mol. The molecule has 18 aromatic carbocycles. The van der Waals surface area contributed by atoms with Crippen LogP contribution in [0.2, 0.25) is 0 Å². The van der Waals surface area contributed by atoms with E-state index >= 15 is 4.39 Å². The van der Waals surface area contributed by atoms with Gasteiger partial charge in [0.15, 0.2) is 0 Å². The number of halogens is 1. The van der Waals surface area contributed by atoms with Gasteiger partial charge in [0, 0.05) is 98.3 Å². The van der Waals surface area contributed by atoms with Crippen molar-refractivity contribution >= 4 is 131 Å². The summed E-state index contributed by atoms with van der Waals surface area (Å²) in [5.74, 6) is 0.337. The van der Waals surface area contributed by atoms with Crippen LogP contribution in [-0.2, 0) is 0 Å². The molecule has 0 unspecified atom stereocenters. The van der Waals surface area contributed by atoms with Crippen molar-refractivity contribution in [3.05, 3.63) is 427 Å². The van der Waals surface area contributed by atoms with Gasteiger partial charge in [-0.1, -0.05) is 212 Å². The molecule has 6 aromatic heterocycles. The van der Waals surface area contributed by atoms with Crippen LogP contribution in [-0.4, -0.2) is 34.5 Å². The molecule has 0 aliphatic heterocycles. The van der Waals surface area contributed by atoms with Gasteiger partial charge in [-0.15, -0.1) is 0 Å². The number of hydrogen-bond acceptors (Lipinski definition) is 7. The molecular weight excluding hydrogens is 1580 g/mol. The fourth-order valence-corrected chi connectivity index (χ4v) is 19.4. The summed E-state index contributed by atoms with van der Waals surface area (Å²) in [7, 11) is 1.71. The topological polar surface area (TPSA) is 182 Å². The Bertz CT molecular complexity index is 8920. The zero-order valence-electron chi connectivity index (χ0n) is 69.1. The summed E-state index contributed by atoms with van der Waals surface area (Å²) in [5.41, 5.74) is 25.3. The van der Waals surface area contributed by atoms with E-state index in [1.807, 2.05) is 176 Å². The number of nitriles is 6. The van der Waals surface area contributed by atoms with Gasteiger partial charge >= 0.3 is 0 Å². The molecule has 0 N–H and O–H groups in total. The number of nitrogens with zero attached hydrogens (tertiary/aromatic N) is 12. The molecule has 0 spiro atoms. The van der Waals surface area contributed by atoms with E-state index in [0.717, 1.165) is 166 Å². The van der Waals surface area contributed by atoms with Crippen LogP contribution in [0, 0.1) is 73.8 Å². The highest BCUT2D eigenvalue weighted by molar-refractivity contribution is 6.16. The number of aromatic nitrogens is 6. The van der Waals surface area contributed by atoms with Crippen LogP contribution in [0.25, 0.3) is 198 Å². The van der Waals surface area contributed by atoms with Gasteiger partial charge in [-0.2, -0.15) is 31.6 Å². The Hall–Kier alpha value is -18.6. The largest absolute Gasteiger partial charge is 0.495 e. The van der Waals surface area contributed by atoms with E-state index in [1.165, 1.54) is 27.6 Å². The lowest BCUT2D eigenvalue weighted by atomic mass is 9.96. The first-order valence-electron chi connectivity index (χ1n) is 42.1. The van der Waals surface area contributed by atoms with E-state index in [-0.39, 0.29) is 5.56 Å². The summed E-state index contributed by atoms with van der Waals surface area (Å²) in [4.78, 5) is 0. The van der Waals surface area contributed by atoms with Crippen LogP contribution < -0.4 is 4.74 Å².